The Morgan fingerprint density at radius 2 is 1.97 bits per heavy atom. The molecule has 1 saturated heterocycles. The second-order valence-electron chi connectivity index (χ2n) is 9.23. The van der Waals surface area contributed by atoms with Gasteiger partial charge < -0.3 is 19.5 Å². The highest BCUT2D eigenvalue weighted by molar-refractivity contribution is 5.98. The third-order valence-electron chi connectivity index (χ3n) is 5.93. The Balaban J connectivity index is 0.00000324. The zero-order valence-corrected chi connectivity index (χ0v) is 19.8. The zero-order valence-electron chi connectivity index (χ0n) is 19.8. The van der Waals surface area contributed by atoms with E-state index in [0.717, 1.165) is 35.6 Å². The van der Waals surface area contributed by atoms with Gasteiger partial charge in [-0.3, -0.25) is 4.79 Å². The van der Waals surface area contributed by atoms with E-state index in [1.807, 2.05) is 43.1 Å². The van der Waals surface area contributed by atoms with Crippen molar-refractivity contribution in [2.45, 2.75) is 46.7 Å². The van der Waals surface area contributed by atoms with E-state index in [2.05, 4.69) is 28.7 Å². The lowest BCUT2D eigenvalue weighted by Crippen LogP contribution is -2.58. The van der Waals surface area contributed by atoms with E-state index >= 15 is 0 Å². The molecule has 0 bridgehead atoms. The number of nitrogens with one attached hydrogen (secondary N) is 1. The third-order valence-corrected chi connectivity index (χ3v) is 5.93. The van der Waals surface area contributed by atoms with Gasteiger partial charge in [0.25, 0.3) is 0 Å². The number of H-pyrrole nitrogens is 1. The van der Waals surface area contributed by atoms with Crippen LogP contribution < -0.4 is 4.90 Å². The van der Waals surface area contributed by atoms with Gasteiger partial charge in [0.2, 0.25) is 5.91 Å². The summed E-state index contributed by atoms with van der Waals surface area (Å²) in [7, 11) is 0. The summed E-state index contributed by atoms with van der Waals surface area (Å²) in [4.78, 5) is 41.1. The van der Waals surface area contributed by atoms with E-state index in [0.29, 0.717) is 17.8 Å². The fraction of sp³-hybridized carbons (Fsp3) is 0.440. The Morgan fingerprint density at radius 1 is 1.24 bits per heavy atom. The minimum atomic E-state index is -0.377. The van der Waals surface area contributed by atoms with Gasteiger partial charge in [-0.1, -0.05) is 19.9 Å². The number of anilines is 1. The largest absolute Gasteiger partial charge is 0.462 e. The Morgan fingerprint density at radius 3 is 2.64 bits per heavy atom. The lowest BCUT2D eigenvalue weighted by molar-refractivity contribution is -0.133. The van der Waals surface area contributed by atoms with Crippen LogP contribution in [0.1, 0.15) is 46.4 Å². The van der Waals surface area contributed by atoms with Gasteiger partial charge in [0.05, 0.1) is 17.9 Å². The topological polar surface area (TPSA) is 91.4 Å². The first kappa shape index (κ1) is 22.8. The number of rotatable bonds is 5. The van der Waals surface area contributed by atoms with Crippen LogP contribution in [-0.4, -0.2) is 63.5 Å². The minimum absolute atomic E-state index is 0. The molecule has 0 spiro atoms. The van der Waals surface area contributed by atoms with Crippen LogP contribution >= 0.6 is 0 Å². The predicted octanol–water partition coefficient (Wildman–Crippen LogP) is 4.13. The summed E-state index contributed by atoms with van der Waals surface area (Å²) in [6.07, 6.45) is 3.40. The Labute approximate surface area is 195 Å². The molecule has 8 nitrogen and oxygen atoms in total. The minimum Gasteiger partial charge on any atom is -0.462 e. The summed E-state index contributed by atoms with van der Waals surface area (Å²) < 4.78 is 5.37. The molecule has 33 heavy (non-hydrogen) atoms. The molecular formula is C25H33N5O3. The van der Waals surface area contributed by atoms with Crippen molar-refractivity contribution in [2.75, 3.05) is 24.6 Å². The van der Waals surface area contributed by atoms with Gasteiger partial charge in [0.1, 0.15) is 11.5 Å². The first-order valence-corrected chi connectivity index (χ1v) is 11.4. The maximum Gasteiger partial charge on any atom is 0.339 e. The lowest BCUT2D eigenvalue weighted by Gasteiger charge is -2.44. The molecule has 0 unspecified atom stereocenters. The van der Waals surface area contributed by atoms with Crippen LogP contribution in [0, 0.1) is 5.92 Å². The molecule has 8 heteroatoms. The summed E-state index contributed by atoms with van der Waals surface area (Å²) in [6, 6.07) is 7.95. The Hall–Kier alpha value is -3.42. The van der Waals surface area contributed by atoms with Crippen molar-refractivity contribution >= 4 is 28.7 Å². The molecule has 4 heterocycles. The molecule has 1 aliphatic rings. The van der Waals surface area contributed by atoms with Crippen LogP contribution in [0.4, 0.5) is 5.82 Å². The number of amides is 1. The number of piperazine rings is 1. The molecule has 4 rings (SSSR count). The summed E-state index contributed by atoms with van der Waals surface area (Å²) in [5.41, 5.74) is 2.78. The summed E-state index contributed by atoms with van der Waals surface area (Å²) >= 11 is 0. The monoisotopic (exact) mass is 451 g/mol. The fourth-order valence-corrected chi connectivity index (χ4v) is 4.53. The SMILES string of the molecule is CC(=O)N1[C@H](C)CN(c2cccc(-c3c[nH]c4ncc(C(=O)OCC(C)C)cc34)n2)C[C@@H]1C.[HH]. The molecule has 1 N–H and O–H groups in total. The van der Waals surface area contributed by atoms with Crippen molar-refractivity contribution in [1.82, 2.24) is 19.9 Å². The summed E-state index contributed by atoms with van der Waals surface area (Å²) in [5, 5.41) is 0.821. The highest BCUT2D eigenvalue weighted by Crippen LogP contribution is 2.29. The lowest BCUT2D eigenvalue weighted by atomic mass is 10.1. The molecule has 1 fully saturated rings. The van der Waals surface area contributed by atoms with E-state index in [-0.39, 0.29) is 31.3 Å². The zero-order chi connectivity index (χ0) is 23.7. The predicted molar refractivity (Wildman–Crippen MR) is 130 cm³/mol. The smallest absolute Gasteiger partial charge is 0.339 e. The molecule has 176 valence electrons. The van der Waals surface area contributed by atoms with E-state index in [1.54, 1.807) is 13.0 Å². The van der Waals surface area contributed by atoms with Crippen molar-refractivity contribution in [3.8, 4) is 11.3 Å². The molecule has 1 aliphatic heterocycles. The number of aromatic amines is 1. The number of hydrogen-bond donors (Lipinski definition) is 1. The first-order valence-electron chi connectivity index (χ1n) is 11.4. The molecule has 0 saturated carbocycles. The quantitative estimate of drug-likeness (QED) is 0.587. The highest BCUT2D eigenvalue weighted by Gasteiger charge is 2.31. The van der Waals surface area contributed by atoms with Crippen LogP contribution in [-0.2, 0) is 9.53 Å². The number of aromatic nitrogens is 3. The Bertz CT molecular complexity index is 1170. The molecule has 0 aliphatic carbocycles. The maximum absolute atomic E-state index is 12.4. The van der Waals surface area contributed by atoms with Crippen molar-refractivity contribution < 1.29 is 15.8 Å². The third kappa shape index (κ3) is 4.69. The second kappa shape index (κ2) is 9.21. The van der Waals surface area contributed by atoms with Gasteiger partial charge in [0, 0.05) is 56.9 Å². The Kier molecular flexibility index (Phi) is 6.35. The molecule has 2 atom stereocenters. The molecular weight excluding hydrogens is 418 g/mol. The number of hydrogen-bond acceptors (Lipinski definition) is 6. The van der Waals surface area contributed by atoms with Crippen molar-refractivity contribution in [2.24, 2.45) is 5.92 Å². The van der Waals surface area contributed by atoms with Crippen molar-refractivity contribution in [1.29, 1.82) is 0 Å². The van der Waals surface area contributed by atoms with E-state index in [9.17, 15) is 9.59 Å². The normalized spacial score (nSPS) is 18.7. The fourth-order valence-electron chi connectivity index (χ4n) is 4.53. The van der Waals surface area contributed by atoms with E-state index in [4.69, 9.17) is 9.72 Å². The molecule has 1 amide bonds. The second-order valence-corrected chi connectivity index (χ2v) is 9.23. The van der Waals surface area contributed by atoms with Gasteiger partial charge in [-0.2, -0.15) is 0 Å². The molecule has 3 aromatic heterocycles. The number of carbonyl (C=O) groups excluding carboxylic acids is 2. The van der Waals surface area contributed by atoms with Gasteiger partial charge >= 0.3 is 5.97 Å². The highest BCUT2D eigenvalue weighted by atomic mass is 16.5. The number of pyridine rings is 2. The number of esters is 1. The van der Waals surface area contributed by atoms with Crippen molar-refractivity contribution in [3.63, 3.8) is 0 Å². The number of carbonyl (C=O) groups is 2. The molecule has 3 aromatic rings. The van der Waals surface area contributed by atoms with Gasteiger partial charge in [-0.15, -0.1) is 0 Å². The number of ether oxygens (including phenoxy) is 1. The maximum atomic E-state index is 12.4. The van der Waals surface area contributed by atoms with Crippen LogP contribution in [0.15, 0.2) is 36.7 Å². The van der Waals surface area contributed by atoms with Crippen LogP contribution in [0.5, 0.6) is 0 Å². The average molecular weight is 452 g/mol. The van der Waals surface area contributed by atoms with Crippen LogP contribution in [0.2, 0.25) is 0 Å². The van der Waals surface area contributed by atoms with E-state index < -0.39 is 0 Å². The van der Waals surface area contributed by atoms with Crippen LogP contribution in [0.3, 0.4) is 0 Å². The van der Waals surface area contributed by atoms with Crippen molar-refractivity contribution in [3.05, 3.63) is 42.2 Å². The van der Waals surface area contributed by atoms with Gasteiger partial charge in [-0.25, -0.2) is 14.8 Å². The number of fused-ring (bicyclic) bond motifs is 1. The number of nitrogens with zero attached hydrogens (tertiary/aromatic N) is 4. The average Bonchev–Trinajstić information content (AvgIpc) is 3.20. The molecule has 0 radical (unpaired) electrons. The summed E-state index contributed by atoms with van der Waals surface area (Å²) in [6.45, 7) is 11.6. The summed E-state index contributed by atoms with van der Waals surface area (Å²) in [5.74, 6) is 0.857. The molecule has 0 aromatic carbocycles. The van der Waals surface area contributed by atoms with Gasteiger partial charge in [0.15, 0.2) is 0 Å². The van der Waals surface area contributed by atoms with Gasteiger partial charge in [-0.05, 0) is 38.0 Å². The standard InChI is InChI=1S/C25H31N5O3.H2/c1-15(2)14-33-25(32)19-9-20-21(11-27-24(20)26-10-19)22-7-6-8-23(28-22)29-12-16(3)30(18(5)31)17(4)13-29;/h6-11,15-17H,12-14H2,1-5H3,(H,26,27);1H/t16-,17+;. The van der Waals surface area contributed by atoms with Crippen LogP contribution in [0.25, 0.3) is 22.3 Å². The first-order chi connectivity index (χ1) is 15.7. The van der Waals surface area contributed by atoms with E-state index in [1.165, 1.54) is 6.20 Å².